The predicted molar refractivity (Wildman–Crippen MR) is 135 cm³/mol. The van der Waals surface area contributed by atoms with Gasteiger partial charge in [-0.15, -0.1) is 0 Å². The maximum atomic E-state index is 13.5. The number of aromatic nitrogens is 2. The fraction of sp³-hybridized carbons (Fsp3) is 0.407. The van der Waals surface area contributed by atoms with Crippen molar-refractivity contribution < 1.29 is 18.9 Å². The molecule has 0 spiro atoms. The summed E-state index contributed by atoms with van der Waals surface area (Å²) in [5.74, 6) is -1.22. The molecule has 1 saturated heterocycles. The summed E-state index contributed by atoms with van der Waals surface area (Å²) in [6.07, 6.45) is 3.41. The zero-order chi connectivity index (χ0) is 25.3. The van der Waals surface area contributed by atoms with E-state index in [1.165, 1.54) is 0 Å². The highest BCUT2D eigenvalue weighted by Crippen LogP contribution is 2.42. The van der Waals surface area contributed by atoms with E-state index in [0.717, 1.165) is 35.7 Å². The van der Waals surface area contributed by atoms with Gasteiger partial charge >= 0.3 is 0 Å². The Balaban J connectivity index is 1.50. The smallest absolute Gasteiger partial charge is 0.280 e. The first-order valence-electron chi connectivity index (χ1n) is 12.6. The summed E-state index contributed by atoms with van der Waals surface area (Å²) in [5, 5.41) is 8.01. The number of fused-ring (bicyclic) bond motifs is 1. The van der Waals surface area contributed by atoms with E-state index in [1.54, 1.807) is 4.90 Å². The second-order valence-corrected chi connectivity index (χ2v) is 10.0. The number of hydrogen-bond acceptors (Lipinski definition) is 4. The lowest BCUT2D eigenvalue weighted by molar-refractivity contribution is -0.977. The molecule has 188 valence electrons. The molecule has 0 radical (unpaired) electrons. The molecule has 9 heteroatoms. The summed E-state index contributed by atoms with van der Waals surface area (Å²) in [4.78, 5) is 40.9. The van der Waals surface area contributed by atoms with E-state index in [4.69, 9.17) is 11.5 Å². The largest absolute Gasteiger partial charge is 0.369 e. The lowest BCUT2D eigenvalue weighted by Gasteiger charge is -2.55. The number of para-hydroxylation sites is 1. The summed E-state index contributed by atoms with van der Waals surface area (Å²) in [5.41, 5.74) is 14.0. The molecule has 1 aromatic heterocycles. The third-order valence-corrected chi connectivity index (χ3v) is 8.19. The summed E-state index contributed by atoms with van der Waals surface area (Å²) < 4.78 is 0.345. The van der Waals surface area contributed by atoms with Crippen LogP contribution in [0.15, 0.2) is 54.6 Å². The summed E-state index contributed by atoms with van der Waals surface area (Å²) in [7, 11) is 0. The van der Waals surface area contributed by atoms with E-state index in [1.807, 2.05) is 54.6 Å². The van der Waals surface area contributed by atoms with Crippen molar-refractivity contribution in [2.24, 2.45) is 17.4 Å². The van der Waals surface area contributed by atoms with Gasteiger partial charge in [0.1, 0.15) is 6.04 Å². The van der Waals surface area contributed by atoms with Crippen molar-refractivity contribution in [1.82, 2.24) is 15.1 Å². The third kappa shape index (κ3) is 4.13. The number of quaternary nitrogens is 1. The van der Waals surface area contributed by atoms with Gasteiger partial charge in [0.25, 0.3) is 11.8 Å². The van der Waals surface area contributed by atoms with Crippen LogP contribution in [-0.2, 0) is 9.59 Å². The van der Waals surface area contributed by atoms with Crippen molar-refractivity contribution in [1.29, 1.82) is 0 Å². The Bertz CT molecular complexity index is 1260. The standard InChI is InChI=1S/C27H32N6O3/c28-25(34)20-11-5-7-13-22(20)33(24(26(29)35)18-8-2-1-3-9-18)16-14-32(15-17-33)27(36)23-19-10-4-6-12-21(19)30-31-23/h1-4,6,8-10,12,20,22,24H,5,7,11,13-17H2,(H4-,28,29,30,31,34,35,36)/p+1/t20-,22-,24-/m0/s1. The highest BCUT2D eigenvalue weighted by atomic mass is 16.2. The van der Waals surface area contributed by atoms with Crippen LogP contribution < -0.4 is 11.5 Å². The van der Waals surface area contributed by atoms with Gasteiger partial charge in [0.2, 0.25) is 5.91 Å². The average molecular weight is 490 g/mol. The molecule has 1 saturated carbocycles. The van der Waals surface area contributed by atoms with Crippen molar-refractivity contribution in [3.8, 4) is 0 Å². The molecule has 0 unspecified atom stereocenters. The number of rotatable bonds is 6. The third-order valence-electron chi connectivity index (χ3n) is 8.19. The summed E-state index contributed by atoms with van der Waals surface area (Å²) >= 11 is 0. The molecule has 3 atom stereocenters. The minimum Gasteiger partial charge on any atom is -0.369 e. The van der Waals surface area contributed by atoms with Crippen molar-refractivity contribution in [3.63, 3.8) is 0 Å². The fourth-order valence-electron chi connectivity index (χ4n) is 6.51. The zero-order valence-electron chi connectivity index (χ0n) is 20.3. The number of piperazine rings is 1. The predicted octanol–water partition coefficient (Wildman–Crippen LogP) is 2.11. The maximum absolute atomic E-state index is 13.5. The van der Waals surface area contributed by atoms with Gasteiger partial charge in [0.15, 0.2) is 11.7 Å². The zero-order valence-corrected chi connectivity index (χ0v) is 20.3. The molecule has 0 bridgehead atoms. The number of nitrogens with two attached hydrogens (primary N) is 2. The molecule has 2 heterocycles. The van der Waals surface area contributed by atoms with Gasteiger partial charge in [0, 0.05) is 17.4 Å². The Labute approximate surface area is 210 Å². The molecule has 36 heavy (non-hydrogen) atoms. The normalized spacial score (nSPS) is 22.7. The van der Waals surface area contributed by atoms with E-state index in [9.17, 15) is 14.4 Å². The second-order valence-electron chi connectivity index (χ2n) is 10.0. The molecule has 9 nitrogen and oxygen atoms in total. The Morgan fingerprint density at radius 2 is 1.61 bits per heavy atom. The van der Waals surface area contributed by atoms with Crippen molar-refractivity contribution in [3.05, 3.63) is 65.9 Å². The van der Waals surface area contributed by atoms with Gasteiger partial charge in [-0.05, 0) is 18.9 Å². The number of nitrogens with zero attached hydrogens (tertiary/aromatic N) is 3. The topological polar surface area (TPSA) is 135 Å². The van der Waals surface area contributed by atoms with Gasteiger partial charge in [-0.2, -0.15) is 5.10 Å². The van der Waals surface area contributed by atoms with Crippen molar-refractivity contribution in [2.45, 2.75) is 37.8 Å². The first-order valence-corrected chi connectivity index (χ1v) is 12.6. The summed E-state index contributed by atoms with van der Waals surface area (Å²) in [6, 6.07) is 16.4. The van der Waals surface area contributed by atoms with Crippen LogP contribution in [0.3, 0.4) is 0 Å². The molecule has 3 aromatic rings. The van der Waals surface area contributed by atoms with Crippen molar-refractivity contribution in [2.75, 3.05) is 26.2 Å². The lowest BCUT2D eigenvalue weighted by Crippen LogP contribution is -2.70. The van der Waals surface area contributed by atoms with Crippen LogP contribution in [0.25, 0.3) is 10.9 Å². The van der Waals surface area contributed by atoms with Crippen molar-refractivity contribution >= 4 is 28.6 Å². The molecular weight excluding hydrogens is 456 g/mol. The highest BCUT2D eigenvalue weighted by Gasteiger charge is 2.54. The van der Waals surface area contributed by atoms with E-state index >= 15 is 0 Å². The Hall–Kier alpha value is -3.72. The summed E-state index contributed by atoms with van der Waals surface area (Å²) in [6.45, 7) is 1.87. The SMILES string of the molecule is NC(=O)[C@H]1CCCC[C@@H]1[N+]1([C@H](C(N)=O)c2ccccc2)CCN(C(=O)c2n[nH]c3ccccc23)CC1. The molecular formula is C27H33N6O3+. The molecule has 2 fully saturated rings. The van der Waals surface area contributed by atoms with Gasteiger partial charge in [0.05, 0.1) is 37.6 Å². The monoisotopic (exact) mass is 489 g/mol. The molecule has 5 N–H and O–H groups in total. The number of H-pyrrole nitrogens is 1. The highest BCUT2D eigenvalue weighted by molar-refractivity contribution is 6.04. The van der Waals surface area contributed by atoms with Gasteiger partial charge in [-0.1, -0.05) is 55.0 Å². The quantitative estimate of drug-likeness (QED) is 0.457. The second kappa shape index (κ2) is 9.73. The number of aromatic amines is 1. The molecule has 3 amide bonds. The number of hydrogen-bond donors (Lipinski definition) is 3. The Kier molecular flexibility index (Phi) is 6.49. The van der Waals surface area contributed by atoms with Gasteiger partial charge in [-0.25, -0.2) is 0 Å². The van der Waals surface area contributed by atoms with E-state index in [2.05, 4.69) is 10.2 Å². The molecule has 5 rings (SSSR count). The first-order chi connectivity index (χ1) is 17.4. The van der Waals surface area contributed by atoms with Crippen LogP contribution in [0, 0.1) is 5.92 Å². The van der Waals surface area contributed by atoms with Gasteiger partial charge < -0.3 is 20.9 Å². The van der Waals surface area contributed by atoms with Gasteiger partial charge in [-0.3, -0.25) is 19.5 Å². The number of primary amides is 2. The van der Waals surface area contributed by atoms with Crippen LogP contribution in [0.1, 0.15) is 47.8 Å². The molecule has 2 aliphatic rings. The number of carbonyl (C=O) groups is 3. The molecule has 1 aliphatic carbocycles. The average Bonchev–Trinajstić information content (AvgIpc) is 3.33. The molecule has 1 aliphatic heterocycles. The minimum atomic E-state index is -0.625. The van der Waals surface area contributed by atoms with Crippen LogP contribution in [-0.4, -0.2) is 69.5 Å². The van der Waals surface area contributed by atoms with Crippen LogP contribution >= 0.6 is 0 Å². The van der Waals surface area contributed by atoms with Crippen LogP contribution in [0.5, 0.6) is 0 Å². The number of benzene rings is 2. The Morgan fingerprint density at radius 3 is 2.31 bits per heavy atom. The minimum absolute atomic E-state index is 0.127. The van der Waals surface area contributed by atoms with E-state index in [0.29, 0.717) is 42.8 Å². The van der Waals surface area contributed by atoms with Crippen LogP contribution in [0.4, 0.5) is 0 Å². The van der Waals surface area contributed by atoms with E-state index in [-0.39, 0.29) is 23.8 Å². The van der Waals surface area contributed by atoms with Crippen LogP contribution in [0.2, 0.25) is 0 Å². The maximum Gasteiger partial charge on any atom is 0.280 e. The number of nitrogens with one attached hydrogen (secondary N) is 1. The molecule has 2 aromatic carbocycles. The lowest BCUT2D eigenvalue weighted by atomic mass is 9.79. The first kappa shape index (κ1) is 24.0. The fourth-order valence-corrected chi connectivity index (χ4v) is 6.51. The number of amides is 3. The van der Waals surface area contributed by atoms with E-state index < -0.39 is 11.9 Å². The Morgan fingerprint density at radius 1 is 0.944 bits per heavy atom. The number of carbonyl (C=O) groups excluding carboxylic acids is 3.